The van der Waals surface area contributed by atoms with Crippen molar-refractivity contribution >= 4 is 0 Å². The SMILES string of the molecule is COc1ccc(C#N)cc1CNC1CC=CCC1. The van der Waals surface area contributed by atoms with E-state index in [0.29, 0.717) is 11.6 Å². The van der Waals surface area contributed by atoms with Gasteiger partial charge in [0.15, 0.2) is 0 Å². The van der Waals surface area contributed by atoms with Crippen LogP contribution in [-0.2, 0) is 6.54 Å². The maximum Gasteiger partial charge on any atom is 0.123 e. The Morgan fingerprint density at radius 1 is 1.44 bits per heavy atom. The van der Waals surface area contributed by atoms with Crippen LogP contribution in [0, 0.1) is 11.3 Å². The van der Waals surface area contributed by atoms with Crippen molar-refractivity contribution in [2.75, 3.05) is 7.11 Å². The Bertz CT molecular complexity index is 474. The molecule has 1 N–H and O–H groups in total. The molecule has 1 aliphatic carbocycles. The minimum atomic E-state index is 0.533. The van der Waals surface area contributed by atoms with E-state index in [1.54, 1.807) is 13.2 Å². The number of nitrogens with zero attached hydrogens (tertiary/aromatic N) is 1. The third-order valence-corrected chi connectivity index (χ3v) is 3.26. The topological polar surface area (TPSA) is 45.0 Å². The summed E-state index contributed by atoms with van der Waals surface area (Å²) in [6, 6.07) is 8.23. The molecular formula is C15H18N2O. The van der Waals surface area contributed by atoms with Crippen LogP contribution in [-0.4, -0.2) is 13.2 Å². The van der Waals surface area contributed by atoms with Crippen molar-refractivity contribution in [3.05, 3.63) is 41.5 Å². The Kier molecular flexibility index (Phi) is 4.38. The van der Waals surface area contributed by atoms with E-state index in [0.717, 1.165) is 30.7 Å². The van der Waals surface area contributed by atoms with E-state index in [1.165, 1.54) is 6.42 Å². The molecule has 3 heteroatoms. The Balaban J connectivity index is 2.03. The number of ether oxygens (including phenoxy) is 1. The quantitative estimate of drug-likeness (QED) is 0.826. The average Bonchev–Trinajstić information content (AvgIpc) is 2.45. The zero-order valence-electron chi connectivity index (χ0n) is 10.6. The summed E-state index contributed by atoms with van der Waals surface area (Å²) in [6.07, 6.45) is 7.86. The van der Waals surface area contributed by atoms with Gasteiger partial charge in [-0.2, -0.15) is 5.26 Å². The number of allylic oxidation sites excluding steroid dienone is 1. The molecule has 1 aromatic carbocycles. The Morgan fingerprint density at radius 2 is 2.33 bits per heavy atom. The second-order valence-electron chi connectivity index (χ2n) is 4.50. The van der Waals surface area contributed by atoms with E-state index < -0.39 is 0 Å². The highest BCUT2D eigenvalue weighted by molar-refractivity contribution is 5.42. The molecule has 94 valence electrons. The van der Waals surface area contributed by atoms with Crippen molar-refractivity contribution in [3.8, 4) is 11.8 Å². The van der Waals surface area contributed by atoms with Crippen molar-refractivity contribution < 1.29 is 4.74 Å². The number of hydrogen-bond donors (Lipinski definition) is 1. The lowest BCUT2D eigenvalue weighted by molar-refractivity contribution is 0.402. The van der Waals surface area contributed by atoms with Gasteiger partial charge in [-0.25, -0.2) is 0 Å². The first-order valence-corrected chi connectivity index (χ1v) is 6.29. The lowest BCUT2D eigenvalue weighted by atomic mass is 10.0. The molecule has 0 saturated carbocycles. The van der Waals surface area contributed by atoms with Crippen LogP contribution in [0.2, 0.25) is 0 Å². The van der Waals surface area contributed by atoms with Gasteiger partial charge in [-0.15, -0.1) is 0 Å². The number of nitriles is 1. The summed E-state index contributed by atoms with van der Waals surface area (Å²) in [5, 5.41) is 12.4. The molecule has 1 unspecified atom stereocenters. The van der Waals surface area contributed by atoms with Gasteiger partial charge in [-0.3, -0.25) is 0 Å². The van der Waals surface area contributed by atoms with E-state index in [4.69, 9.17) is 10.00 Å². The van der Waals surface area contributed by atoms with Crippen LogP contribution in [0.4, 0.5) is 0 Å². The summed E-state index contributed by atoms with van der Waals surface area (Å²) in [6.45, 7) is 0.747. The van der Waals surface area contributed by atoms with Crippen LogP contribution in [0.5, 0.6) is 5.75 Å². The second kappa shape index (κ2) is 6.23. The minimum absolute atomic E-state index is 0.533. The predicted molar refractivity (Wildman–Crippen MR) is 71.3 cm³/mol. The first-order valence-electron chi connectivity index (χ1n) is 6.29. The van der Waals surface area contributed by atoms with Gasteiger partial charge in [0.2, 0.25) is 0 Å². The van der Waals surface area contributed by atoms with Gasteiger partial charge in [-0.05, 0) is 37.5 Å². The van der Waals surface area contributed by atoms with E-state index in [-0.39, 0.29) is 0 Å². The highest BCUT2D eigenvalue weighted by atomic mass is 16.5. The predicted octanol–water partition coefficient (Wildman–Crippen LogP) is 2.77. The van der Waals surface area contributed by atoms with Gasteiger partial charge < -0.3 is 10.1 Å². The lowest BCUT2D eigenvalue weighted by Gasteiger charge is -2.20. The number of methoxy groups -OCH3 is 1. The van der Waals surface area contributed by atoms with Crippen LogP contribution in [0.15, 0.2) is 30.4 Å². The van der Waals surface area contributed by atoms with Crippen LogP contribution in [0.1, 0.15) is 30.4 Å². The van der Waals surface area contributed by atoms with Gasteiger partial charge in [0.05, 0.1) is 18.7 Å². The van der Waals surface area contributed by atoms with E-state index in [9.17, 15) is 0 Å². The molecule has 1 aliphatic rings. The first kappa shape index (κ1) is 12.7. The molecule has 0 radical (unpaired) electrons. The zero-order valence-corrected chi connectivity index (χ0v) is 10.6. The van der Waals surface area contributed by atoms with Crippen LogP contribution in [0.25, 0.3) is 0 Å². The van der Waals surface area contributed by atoms with E-state index in [2.05, 4.69) is 23.5 Å². The molecule has 0 spiro atoms. The summed E-state index contributed by atoms with van der Waals surface area (Å²) < 4.78 is 5.32. The first-order chi connectivity index (χ1) is 8.83. The summed E-state index contributed by atoms with van der Waals surface area (Å²) in [5.74, 6) is 0.841. The highest BCUT2D eigenvalue weighted by Crippen LogP contribution is 2.20. The fourth-order valence-corrected chi connectivity index (χ4v) is 2.22. The molecule has 0 amide bonds. The fourth-order valence-electron chi connectivity index (χ4n) is 2.22. The van der Waals surface area contributed by atoms with E-state index >= 15 is 0 Å². The Labute approximate surface area is 108 Å². The number of hydrogen-bond acceptors (Lipinski definition) is 3. The summed E-state index contributed by atoms with van der Waals surface area (Å²) in [7, 11) is 1.66. The minimum Gasteiger partial charge on any atom is -0.496 e. The van der Waals surface area contributed by atoms with Crippen molar-refractivity contribution in [1.29, 1.82) is 5.26 Å². The maximum absolute atomic E-state index is 8.92. The third kappa shape index (κ3) is 3.12. The molecule has 0 fully saturated rings. The molecule has 0 heterocycles. The molecular weight excluding hydrogens is 224 g/mol. The maximum atomic E-state index is 8.92. The van der Waals surface area contributed by atoms with Crippen LogP contribution in [0.3, 0.4) is 0 Å². The molecule has 0 aromatic heterocycles. The van der Waals surface area contributed by atoms with Crippen molar-refractivity contribution in [2.45, 2.75) is 31.8 Å². The molecule has 2 rings (SSSR count). The Hall–Kier alpha value is -1.79. The van der Waals surface area contributed by atoms with Crippen molar-refractivity contribution in [1.82, 2.24) is 5.32 Å². The van der Waals surface area contributed by atoms with Gasteiger partial charge in [0.25, 0.3) is 0 Å². The van der Waals surface area contributed by atoms with Gasteiger partial charge in [0.1, 0.15) is 5.75 Å². The molecule has 18 heavy (non-hydrogen) atoms. The average molecular weight is 242 g/mol. The Morgan fingerprint density at radius 3 is 3.00 bits per heavy atom. The molecule has 0 saturated heterocycles. The lowest BCUT2D eigenvalue weighted by Crippen LogP contribution is -2.29. The van der Waals surface area contributed by atoms with Crippen molar-refractivity contribution in [2.24, 2.45) is 0 Å². The molecule has 1 aromatic rings. The van der Waals surface area contributed by atoms with Gasteiger partial charge >= 0.3 is 0 Å². The summed E-state index contributed by atoms with van der Waals surface area (Å²) in [4.78, 5) is 0. The monoisotopic (exact) mass is 242 g/mol. The standard InChI is InChI=1S/C15H18N2O/c1-18-15-8-7-12(10-16)9-13(15)11-17-14-5-3-2-4-6-14/h2-3,7-9,14,17H,4-6,11H2,1H3. The molecule has 3 nitrogen and oxygen atoms in total. The molecule has 0 bridgehead atoms. The number of benzene rings is 1. The van der Waals surface area contributed by atoms with Crippen LogP contribution >= 0.6 is 0 Å². The smallest absolute Gasteiger partial charge is 0.123 e. The van der Waals surface area contributed by atoms with Crippen molar-refractivity contribution in [3.63, 3.8) is 0 Å². The molecule has 1 atom stereocenters. The largest absolute Gasteiger partial charge is 0.496 e. The summed E-state index contributed by atoms with van der Waals surface area (Å²) >= 11 is 0. The van der Waals surface area contributed by atoms with Gasteiger partial charge in [0, 0.05) is 18.2 Å². The second-order valence-corrected chi connectivity index (χ2v) is 4.50. The summed E-state index contributed by atoms with van der Waals surface area (Å²) in [5.41, 5.74) is 1.72. The van der Waals surface area contributed by atoms with Gasteiger partial charge in [-0.1, -0.05) is 12.2 Å². The molecule has 0 aliphatic heterocycles. The highest BCUT2D eigenvalue weighted by Gasteiger charge is 2.11. The van der Waals surface area contributed by atoms with E-state index in [1.807, 2.05) is 12.1 Å². The zero-order chi connectivity index (χ0) is 12.8. The number of rotatable bonds is 4. The normalized spacial score (nSPS) is 18.3. The fraction of sp³-hybridized carbons (Fsp3) is 0.400. The van der Waals surface area contributed by atoms with Crippen LogP contribution < -0.4 is 10.1 Å². The third-order valence-electron chi connectivity index (χ3n) is 3.26. The number of nitrogens with one attached hydrogen (secondary N) is 1.